The summed E-state index contributed by atoms with van der Waals surface area (Å²) in [5, 5.41) is 2.85. The molecule has 0 aromatic carbocycles. The minimum atomic E-state index is -0.0423. The summed E-state index contributed by atoms with van der Waals surface area (Å²) in [5.41, 5.74) is 6.12. The van der Waals surface area contributed by atoms with Crippen molar-refractivity contribution in [3.05, 3.63) is 16.1 Å². The molecule has 2 saturated heterocycles. The first kappa shape index (κ1) is 14.5. The molecule has 0 bridgehead atoms. The molecule has 6 heteroatoms. The summed E-state index contributed by atoms with van der Waals surface area (Å²) in [6, 6.07) is 0. The minimum Gasteiger partial charge on any atom is -0.374 e. The van der Waals surface area contributed by atoms with Gasteiger partial charge < -0.3 is 10.5 Å². The third kappa shape index (κ3) is 2.93. The molecule has 2 atom stereocenters. The fraction of sp³-hybridized carbons (Fsp3) is 0.714. The van der Waals surface area contributed by atoms with Crippen molar-refractivity contribution in [1.82, 2.24) is 4.98 Å². The highest BCUT2D eigenvalue weighted by Crippen LogP contribution is 2.41. The molecule has 2 fully saturated rings. The molecule has 2 N–H and O–H groups in total. The minimum absolute atomic E-state index is 0.0423. The van der Waals surface area contributed by atoms with Crippen LogP contribution >= 0.6 is 23.1 Å². The second-order valence-electron chi connectivity index (χ2n) is 5.55. The summed E-state index contributed by atoms with van der Waals surface area (Å²) < 4.78 is 5.98. The molecule has 2 unspecified atom stereocenters. The molecule has 1 aromatic heterocycles. The summed E-state index contributed by atoms with van der Waals surface area (Å²) in [4.78, 5) is 17.0. The quantitative estimate of drug-likeness (QED) is 0.863. The second-order valence-corrected chi connectivity index (χ2v) is 7.60. The van der Waals surface area contributed by atoms with Gasteiger partial charge in [-0.2, -0.15) is 11.8 Å². The highest BCUT2D eigenvalue weighted by atomic mass is 32.2. The van der Waals surface area contributed by atoms with Gasteiger partial charge in [0, 0.05) is 30.1 Å². The zero-order chi connectivity index (χ0) is 14.0. The number of ketones is 1. The van der Waals surface area contributed by atoms with Crippen molar-refractivity contribution in [2.45, 2.75) is 31.3 Å². The first-order chi connectivity index (χ1) is 9.72. The van der Waals surface area contributed by atoms with E-state index in [1.807, 2.05) is 17.1 Å². The maximum atomic E-state index is 12.6. The summed E-state index contributed by atoms with van der Waals surface area (Å²) in [6.45, 7) is 1.29. The summed E-state index contributed by atoms with van der Waals surface area (Å²) in [6.07, 6.45) is 3.53. The van der Waals surface area contributed by atoms with E-state index in [0.717, 1.165) is 42.2 Å². The molecule has 3 rings (SSSR count). The van der Waals surface area contributed by atoms with E-state index in [1.165, 1.54) is 0 Å². The maximum Gasteiger partial charge on any atom is 0.185 e. The van der Waals surface area contributed by atoms with Gasteiger partial charge in [-0.25, -0.2) is 4.98 Å². The van der Waals surface area contributed by atoms with Gasteiger partial charge in [-0.3, -0.25) is 4.79 Å². The van der Waals surface area contributed by atoms with Crippen molar-refractivity contribution < 1.29 is 9.53 Å². The summed E-state index contributed by atoms with van der Waals surface area (Å²) >= 11 is 3.48. The van der Waals surface area contributed by atoms with E-state index in [9.17, 15) is 4.79 Å². The van der Waals surface area contributed by atoms with Crippen LogP contribution in [0.3, 0.4) is 0 Å². The number of thiazole rings is 1. The van der Waals surface area contributed by atoms with Crippen molar-refractivity contribution in [2.75, 3.05) is 24.7 Å². The lowest BCUT2D eigenvalue weighted by Gasteiger charge is -2.36. The number of rotatable bonds is 4. The van der Waals surface area contributed by atoms with E-state index in [1.54, 1.807) is 11.3 Å². The standard InChI is InChI=1S/C14H20N2O2S2/c15-4-1-12-16-11(8-20-12)13(17)10-2-5-18-14(7-10)3-6-19-9-14/h8,10H,1-7,9,15H2. The van der Waals surface area contributed by atoms with Crippen LogP contribution in [0.2, 0.25) is 0 Å². The highest BCUT2D eigenvalue weighted by Gasteiger charge is 2.42. The molecule has 0 saturated carbocycles. The van der Waals surface area contributed by atoms with Gasteiger partial charge in [-0.1, -0.05) is 0 Å². The number of hydrogen-bond donors (Lipinski definition) is 1. The summed E-state index contributed by atoms with van der Waals surface area (Å²) in [5.74, 6) is 2.46. The molecule has 2 aliphatic rings. The van der Waals surface area contributed by atoms with Crippen LogP contribution in [0.1, 0.15) is 34.8 Å². The van der Waals surface area contributed by atoms with Crippen LogP contribution in [0.5, 0.6) is 0 Å². The Labute approximate surface area is 127 Å². The molecular formula is C14H20N2O2S2. The van der Waals surface area contributed by atoms with Crippen LogP contribution in [0.15, 0.2) is 5.38 Å². The lowest BCUT2D eigenvalue weighted by atomic mass is 9.82. The Kier molecular flexibility index (Phi) is 4.45. The second kappa shape index (κ2) is 6.13. The van der Waals surface area contributed by atoms with Crippen LogP contribution in [0, 0.1) is 5.92 Å². The van der Waals surface area contributed by atoms with E-state index in [4.69, 9.17) is 10.5 Å². The van der Waals surface area contributed by atoms with Gasteiger partial charge in [-0.05, 0) is 31.6 Å². The van der Waals surface area contributed by atoms with Crippen molar-refractivity contribution in [1.29, 1.82) is 0 Å². The lowest BCUT2D eigenvalue weighted by Crippen LogP contribution is -2.42. The average Bonchev–Trinajstić information content (AvgIpc) is 3.09. The first-order valence-electron chi connectivity index (χ1n) is 7.13. The zero-order valence-corrected chi connectivity index (χ0v) is 13.1. The predicted octanol–water partition coefficient (Wildman–Crippen LogP) is 2.13. The number of hydrogen-bond acceptors (Lipinski definition) is 6. The van der Waals surface area contributed by atoms with Gasteiger partial charge in [0.15, 0.2) is 5.78 Å². The predicted molar refractivity (Wildman–Crippen MR) is 82.6 cm³/mol. The average molecular weight is 312 g/mol. The molecule has 110 valence electrons. The van der Waals surface area contributed by atoms with Crippen molar-refractivity contribution >= 4 is 28.9 Å². The number of ether oxygens (including phenoxy) is 1. The van der Waals surface area contributed by atoms with E-state index < -0.39 is 0 Å². The fourth-order valence-electron chi connectivity index (χ4n) is 2.99. The van der Waals surface area contributed by atoms with Gasteiger partial charge >= 0.3 is 0 Å². The van der Waals surface area contributed by atoms with Crippen molar-refractivity contribution in [3.8, 4) is 0 Å². The van der Waals surface area contributed by atoms with Gasteiger partial charge in [0.25, 0.3) is 0 Å². The SMILES string of the molecule is NCCc1nc(C(=O)C2CCOC3(CCSC3)C2)cs1. The van der Waals surface area contributed by atoms with Gasteiger partial charge in [-0.15, -0.1) is 11.3 Å². The number of carbonyl (C=O) groups is 1. The molecule has 1 spiro atoms. The van der Waals surface area contributed by atoms with Gasteiger partial charge in [0.05, 0.1) is 10.6 Å². The lowest BCUT2D eigenvalue weighted by molar-refractivity contribution is -0.0735. The Morgan fingerprint density at radius 3 is 3.25 bits per heavy atom. The van der Waals surface area contributed by atoms with Gasteiger partial charge in [0.2, 0.25) is 0 Å². The molecule has 3 heterocycles. The molecule has 20 heavy (non-hydrogen) atoms. The number of Topliss-reactive ketones (excluding diaryl/α,β-unsaturated/α-hetero) is 1. The molecule has 0 amide bonds. The molecule has 4 nitrogen and oxygen atoms in total. The third-order valence-corrected chi connectivity index (χ3v) is 6.22. The Morgan fingerprint density at radius 2 is 2.50 bits per heavy atom. The Bertz CT molecular complexity index is 483. The monoisotopic (exact) mass is 312 g/mol. The molecule has 1 aromatic rings. The van der Waals surface area contributed by atoms with E-state index in [2.05, 4.69) is 4.98 Å². The highest BCUT2D eigenvalue weighted by molar-refractivity contribution is 7.99. The first-order valence-corrected chi connectivity index (χ1v) is 9.16. The molecule has 0 aliphatic carbocycles. The topological polar surface area (TPSA) is 65.2 Å². The fourth-order valence-corrected chi connectivity index (χ4v) is 5.17. The Morgan fingerprint density at radius 1 is 1.60 bits per heavy atom. The number of nitrogens with zero attached hydrogens (tertiary/aromatic N) is 1. The molecule has 0 radical (unpaired) electrons. The smallest absolute Gasteiger partial charge is 0.185 e. The van der Waals surface area contributed by atoms with Crippen molar-refractivity contribution in [3.63, 3.8) is 0 Å². The third-order valence-electron chi connectivity index (χ3n) is 4.09. The number of thioether (sulfide) groups is 1. The van der Waals surface area contributed by atoms with Crippen LogP contribution < -0.4 is 5.73 Å². The van der Waals surface area contributed by atoms with Crippen molar-refractivity contribution in [2.24, 2.45) is 11.7 Å². The number of carbonyl (C=O) groups excluding carboxylic acids is 1. The van der Waals surface area contributed by atoms with E-state index in [0.29, 0.717) is 18.8 Å². The Balaban J connectivity index is 1.69. The largest absolute Gasteiger partial charge is 0.374 e. The number of aromatic nitrogens is 1. The Hall–Kier alpha value is -0.430. The van der Waals surface area contributed by atoms with Crippen LogP contribution in [0.4, 0.5) is 0 Å². The van der Waals surface area contributed by atoms with Crippen LogP contribution in [-0.4, -0.2) is 41.0 Å². The van der Waals surface area contributed by atoms with E-state index in [-0.39, 0.29) is 17.3 Å². The zero-order valence-electron chi connectivity index (χ0n) is 11.5. The maximum absolute atomic E-state index is 12.6. The van der Waals surface area contributed by atoms with Crippen LogP contribution in [-0.2, 0) is 11.2 Å². The summed E-state index contributed by atoms with van der Waals surface area (Å²) in [7, 11) is 0. The van der Waals surface area contributed by atoms with E-state index >= 15 is 0 Å². The molecular weight excluding hydrogens is 292 g/mol. The normalized spacial score (nSPS) is 29.9. The van der Waals surface area contributed by atoms with Gasteiger partial charge in [0.1, 0.15) is 5.69 Å². The van der Waals surface area contributed by atoms with Crippen LogP contribution in [0.25, 0.3) is 0 Å². The number of nitrogens with two attached hydrogens (primary N) is 1. The molecule has 2 aliphatic heterocycles.